The van der Waals surface area contributed by atoms with Gasteiger partial charge in [-0.15, -0.1) is 0 Å². The van der Waals surface area contributed by atoms with Crippen molar-refractivity contribution in [1.29, 1.82) is 0 Å². The maximum absolute atomic E-state index is 6.50. The van der Waals surface area contributed by atoms with Crippen LogP contribution in [0.4, 0.5) is 5.82 Å². The maximum atomic E-state index is 6.50. The molecular formula is C26H30B2ClN5. The molecule has 0 atom stereocenters. The van der Waals surface area contributed by atoms with E-state index in [1.807, 2.05) is 35.0 Å². The van der Waals surface area contributed by atoms with Gasteiger partial charge in [-0.2, -0.15) is 9.61 Å². The molecule has 34 heavy (non-hydrogen) atoms. The monoisotopic (exact) mass is 469 g/mol. The van der Waals surface area contributed by atoms with Crippen LogP contribution in [0.1, 0.15) is 18.4 Å². The Kier molecular flexibility index (Phi) is 6.93. The molecule has 172 valence electrons. The van der Waals surface area contributed by atoms with Crippen molar-refractivity contribution >= 4 is 49.1 Å². The summed E-state index contributed by atoms with van der Waals surface area (Å²) in [6.07, 6.45) is 4.32. The Labute approximate surface area is 208 Å². The molecule has 1 saturated heterocycles. The Balaban J connectivity index is 1.28. The first-order valence-electron chi connectivity index (χ1n) is 12.2. The highest BCUT2D eigenvalue weighted by Crippen LogP contribution is 2.28. The standard InChI is InChI=1S/C26H30B2ClN5/c1-28-22-16-31-34-25(14-24(32-26(22)34)21-4-2-3-5-23(21)29)30-15-18-10-12-33(13-11-18)17-19-6-8-20(27)9-7-19/h2-9,14,16,18,28,30H,10-13,15,17,27H2,1H3. The quantitative estimate of drug-likeness (QED) is 0.423. The molecule has 5 nitrogen and oxygen atoms in total. The Morgan fingerprint density at radius 3 is 2.62 bits per heavy atom. The van der Waals surface area contributed by atoms with E-state index in [1.54, 1.807) is 0 Å². The summed E-state index contributed by atoms with van der Waals surface area (Å²) < 4.78 is 1.94. The van der Waals surface area contributed by atoms with E-state index in [1.165, 1.54) is 23.9 Å². The number of hydrogen-bond acceptors (Lipinski definition) is 4. The number of benzene rings is 2. The van der Waals surface area contributed by atoms with Crippen LogP contribution >= 0.6 is 11.6 Å². The molecule has 1 aliphatic rings. The number of nitrogens with zero attached hydrogens (tertiary/aromatic N) is 4. The van der Waals surface area contributed by atoms with Crippen molar-refractivity contribution in [2.45, 2.75) is 26.2 Å². The lowest BCUT2D eigenvalue weighted by Crippen LogP contribution is -2.35. The van der Waals surface area contributed by atoms with Gasteiger partial charge in [0, 0.05) is 35.9 Å². The third-order valence-electron chi connectivity index (χ3n) is 6.88. The van der Waals surface area contributed by atoms with Crippen molar-refractivity contribution in [2.75, 3.05) is 25.0 Å². The molecule has 0 amide bonds. The molecule has 8 heteroatoms. The van der Waals surface area contributed by atoms with Gasteiger partial charge in [-0.1, -0.05) is 66.4 Å². The van der Waals surface area contributed by atoms with E-state index in [0.29, 0.717) is 10.9 Å². The molecule has 2 aromatic heterocycles. The highest BCUT2D eigenvalue weighted by atomic mass is 35.5. The van der Waals surface area contributed by atoms with E-state index in [-0.39, 0.29) is 0 Å². The van der Waals surface area contributed by atoms with Gasteiger partial charge < -0.3 is 5.32 Å². The third-order valence-corrected chi connectivity index (χ3v) is 7.21. The zero-order chi connectivity index (χ0) is 23.5. The average Bonchev–Trinajstić information content (AvgIpc) is 3.28. The van der Waals surface area contributed by atoms with Crippen LogP contribution in [0.25, 0.3) is 16.9 Å². The maximum Gasteiger partial charge on any atom is 0.161 e. The molecule has 0 radical (unpaired) electrons. The van der Waals surface area contributed by atoms with E-state index in [0.717, 1.165) is 61.6 Å². The van der Waals surface area contributed by atoms with E-state index in [2.05, 4.69) is 60.3 Å². The van der Waals surface area contributed by atoms with Crippen molar-refractivity contribution in [2.24, 2.45) is 5.92 Å². The zero-order valence-corrected chi connectivity index (χ0v) is 20.7. The predicted octanol–water partition coefficient (Wildman–Crippen LogP) is 2.74. The van der Waals surface area contributed by atoms with Crippen LogP contribution in [0.5, 0.6) is 0 Å². The summed E-state index contributed by atoms with van der Waals surface area (Å²) in [7, 11) is 3.03. The van der Waals surface area contributed by atoms with Crippen LogP contribution in [0.2, 0.25) is 11.8 Å². The predicted molar refractivity (Wildman–Crippen MR) is 147 cm³/mol. The largest absolute Gasteiger partial charge is 0.370 e. The van der Waals surface area contributed by atoms with Crippen LogP contribution in [-0.4, -0.2) is 54.3 Å². The van der Waals surface area contributed by atoms with E-state index in [9.17, 15) is 0 Å². The molecule has 0 saturated carbocycles. The Morgan fingerprint density at radius 2 is 1.88 bits per heavy atom. The van der Waals surface area contributed by atoms with Gasteiger partial charge in [0.1, 0.15) is 13.7 Å². The smallest absolute Gasteiger partial charge is 0.161 e. The molecule has 5 rings (SSSR count). The first-order chi connectivity index (χ1) is 16.6. The Hall–Kier alpha value is -2.76. The molecule has 1 N–H and O–H groups in total. The number of aromatic nitrogens is 3. The van der Waals surface area contributed by atoms with E-state index in [4.69, 9.17) is 16.6 Å². The fraction of sp³-hybridized carbons (Fsp3) is 0.308. The molecule has 3 heterocycles. The third kappa shape index (κ3) is 5.01. The summed E-state index contributed by atoms with van der Waals surface area (Å²) >= 11 is 6.50. The number of nitrogens with one attached hydrogen (secondary N) is 1. The minimum atomic E-state index is 0.641. The molecule has 0 aliphatic carbocycles. The van der Waals surface area contributed by atoms with Crippen LogP contribution in [0.3, 0.4) is 0 Å². The number of rotatable bonds is 7. The lowest BCUT2D eigenvalue weighted by molar-refractivity contribution is 0.182. The molecule has 0 spiro atoms. The van der Waals surface area contributed by atoms with Crippen LogP contribution in [0, 0.1) is 5.92 Å². The normalized spacial score (nSPS) is 15.0. The van der Waals surface area contributed by atoms with Crippen molar-refractivity contribution in [3.05, 3.63) is 71.4 Å². The number of fused-ring (bicyclic) bond motifs is 1. The molecule has 4 aromatic rings. The summed E-state index contributed by atoms with van der Waals surface area (Å²) in [6, 6.07) is 18.9. The second-order valence-corrected chi connectivity index (χ2v) is 9.76. The number of halogens is 1. The highest BCUT2D eigenvalue weighted by Gasteiger charge is 2.20. The first-order valence-corrected chi connectivity index (χ1v) is 12.6. The lowest BCUT2D eigenvalue weighted by atomic mass is 9.75. The van der Waals surface area contributed by atoms with Gasteiger partial charge in [-0.3, -0.25) is 4.90 Å². The summed E-state index contributed by atoms with van der Waals surface area (Å²) in [5.41, 5.74) is 6.58. The molecular weight excluding hydrogens is 439 g/mol. The molecule has 0 bridgehead atoms. The summed E-state index contributed by atoms with van der Waals surface area (Å²) in [5, 5.41) is 9.03. The topological polar surface area (TPSA) is 45.5 Å². The van der Waals surface area contributed by atoms with Crippen LogP contribution < -0.4 is 16.2 Å². The second-order valence-electron chi connectivity index (χ2n) is 9.35. The van der Waals surface area contributed by atoms with Crippen LogP contribution in [0.15, 0.2) is 60.8 Å². The van der Waals surface area contributed by atoms with Crippen molar-refractivity contribution < 1.29 is 0 Å². The van der Waals surface area contributed by atoms with Gasteiger partial charge in [0.2, 0.25) is 0 Å². The molecule has 2 aromatic carbocycles. The van der Waals surface area contributed by atoms with Gasteiger partial charge in [0.05, 0.1) is 5.69 Å². The summed E-state index contributed by atoms with van der Waals surface area (Å²) in [6.45, 7) is 6.38. The SMILES string of the molecule is Bc1ccc(CN2CCC(CNc3cc(-c4ccccc4Cl)nc4c(BC)cnn34)CC2)cc1. The number of anilines is 1. The van der Waals surface area contributed by atoms with Gasteiger partial charge in [-0.05, 0) is 48.9 Å². The van der Waals surface area contributed by atoms with Crippen molar-refractivity contribution in [1.82, 2.24) is 19.5 Å². The first kappa shape index (κ1) is 23.0. The number of piperidine rings is 1. The van der Waals surface area contributed by atoms with Crippen molar-refractivity contribution in [3.63, 3.8) is 0 Å². The summed E-state index contributed by atoms with van der Waals surface area (Å²) in [5.74, 6) is 1.61. The zero-order valence-electron chi connectivity index (χ0n) is 20.0. The van der Waals surface area contributed by atoms with E-state index >= 15 is 0 Å². The molecule has 1 aliphatic heterocycles. The van der Waals surface area contributed by atoms with Gasteiger partial charge in [0.25, 0.3) is 0 Å². The van der Waals surface area contributed by atoms with Gasteiger partial charge >= 0.3 is 0 Å². The lowest BCUT2D eigenvalue weighted by Gasteiger charge is -2.32. The molecule has 1 fully saturated rings. The average molecular weight is 470 g/mol. The van der Waals surface area contributed by atoms with Crippen molar-refractivity contribution in [3.8, 4) is 11.3 Å². The number of likely N-dealkylation sites (tertiary alicyclic amines) is 1. The fourth-order valence-corrected chi connectivity index (χ4v) is 4.97. The Bertz CT molecular complexity index is 1270. The minimum absolute atomic E-state index is 0.641. The van der Waals surface area contributed by atoms with E-state index < -0.39 is 0 Å². The summed E-state index contributed by atoms with van der Waals surface area (Å²) in [4.78, 5) is 7.49. The van der Waals surface area contributed by atoms with Gasteiger partial charge in [0.15, 0.2) is 12.9 Å². The number of hydrogen-bond donors (Lipinski definition) is 1. The fourth-order valence-electron chi connectivity index (χ4n) is 4.74. The van der Waals surface area contributed by atoms with Crippen LogP contribution in [-0.2, 0) is 6.54 Å². The highest BCUT2D eigenvalue weighted by molar-refractivity contribution is 6.54. The molecule has 0 unspecified atom stereocenters. The minimum Gasteiger partial charge on any atom is -0.370 e. The Morgan fingerprint density at radius 1 is 1.12 bits per heavy atom. The van der Waals surface area contributed by atoms with Gasteiger partial charge in [-0.25, -0.2) is 4.98 Å². The second kappa shape index (κ2) is 10.2.